The van der Waals surface area contributed by atoms with Gasteiger partial charge >= 0.3 is 0 Å². The molecule has 0 aliphatic carbocycles. The third-order valence-corrected chi connectivity index (χ3v) is 3.82. The minimum atomic E-state index is 0.811. The number of hydrogen-bond acceptors (Lipinski definition) is 2. The quantitative estimate of drug-likeness (QED) is 0.825. The van der Waals surface area contributed by atoms with Crippen LogP contribution in [0.4, 0.5) is 11.4 Å². The maximum absolute atomic E-state index is 5.88. The van der Waals surface area contributed by atoms with Crippen LogP contribution >= 0.6 is 15.9 Å². The highest BCUT2D eigenvalue weighted by Gasteiger charge is 2.08. The summed E-state index contributed by atoms with van der Waals surface area (Å²) in [5.74, 6) is 0. The lowest BCUT2D eigenvalue weighted by molar-refractivity contribution is 0.766. The molecule has 0 unspecified atom stereocenters. The number of nitrogens with zero attached hydrogens (tertiary/aromatic N) is 1. The van der Waals surface area contributed by atoms with Crippen LogP contribution in [0.15, 0.2) is 53.0 Å². The first-order valence-corrected chi connectivity index (χ1v) is 7.34. The van der Waals surface area contributed by atoms with Crippen LogP contribution in [0, 0.1) is 0 Å². The van der Waals surface area contributed by atoms with E-state index in [4.69, 9.17) is 5.73 Å². The third-order valence-electron chi connectivity index (χ3n) is 3.05. The highest BCUT2D eigenvalue weighted by molar-refractivity contribution is 9.10. The van der Waals surface area contributed by atoms with E-state index in [0.717, 1.165) is 29.7 Å². The van der Waals surface area contributed by atoms with Crippen molar-refractivity contribution in [3.8, 4) is 0 Å². The van der Waals surface area contributed by atoms with Crippen LogP contribution in [0.1, 0.15) is 18.9 Å². The highest BCUT2D eigenvalue weighted by Crippen LogP contribution is 2.23. The first-order valence-electron chi connectivity index (χ1n) is 6.54. The Balaban J connectivity index is 2.24. The van der Waals surface area contributed by atoms with Crippen LogP contribution in [0.3, 0.4) is 0 Å². The Bertz CT molecular complexity index is 540. The summed E-state index contributed by atoms with van der Waals surface area (Å²) < 4.78 is 1.15. The van der Waals surface area contributed by atoms with Crippen LogP contribution in [0.25, 0.3) is 0 Å². The molecule has 0 aliphatic rings. The average molecular weight is 319 g/mol. The van der Waals surface area contributed by atoms with E-state index in [0.29, 0.717) is 0 Å². The average Bonchev–Trinajstić information content (AvgIpc) is 2.40. The molecular formula is C16H19BrN2. The smallest absolute Gasteiger partial charge is 0.0440 e. The van der Waals surface area contributed by atoms with Crippen molar-refractivity contribution in [3.05, 3.63) is 58.6 Å². The topological polar surface area (TPSA) is 29.3 Å². The predicted molar refractivity (Wildman–Crippen MR) is 86.3 cm³/mol. The largest absolute Gasteiger partial charge is 0.399 e. The summed E-state index contributed by atoms with van der Waals surface area (Å²) in [6.07, 6.45) is 1.11. The molecule has 100 valence electrons. The molecule has 0 spiro atoms. The molecule has 0 aliphatic heterocycles. The van der Waals surface area contributed by atoms with E-state index in [2.05, 4.69) is 52.0 Å². The van der Waals surface area contributed by atoms with E-state index < -0.39 is 0 Å². The summed E-state index contributed by atoms with van der Waals surface area (Å²) >= 11 is 3.61. The second kappa shape index (κ2) is 6.62. The van der Waals surface area contributed by atoms with Crippen molar-refractivity contribution in [2.45, 2.75) is 19.9 Å². The molecule has 2 rings (SSSR count). The molecule has 0 saturated heterocycles. The number of benzene rings is 2. The van der Waals surface area contributed by atoms with Gasteiger partial charge in [0.1, 0.15) is 0 Å². The second-order valence-electron chi connectivity index (χ2n) is 4.61. The van der Waals surface area contributed by atoms with Gasteiger partial charge in [-0.05, 0) is 36.2 Å². The van der Waals surface area contributed by atoms with Gasteiger partial charge in [0.25, 0.3) is 0 Å². The summed E-state index contributed by atoms with van der Waals surface area (Å²) in [4.78, 5) is 2.36. The van der Waals surface area contributed by atoms with Gasteiger partial charge in [0.05, 0.1) is 0 Å². The molecule has 0 atom stereocenters. The second-order valence-corrected chi connectivity index (χ2v) is 5.46. The van der Waals surface area contributed by atoms with Gasteiger partial charge in [-0.25, -0.2) is 0 Å². The van der Waals surface area contributed by atoms with Crippen LogP contribution < -0.4 is 10.6 Å². The van der Waals surface area contributed by atoms with Crippen molar-refractivity contribution >= 4 is 27.3 Å². The lowest BCUT2D eigenvalue weighted by Gasteiger charge is -2.25. The number of rotatable bonds is 5. The fourth-order valence-electron chi connectivity index (χ4n) is 2.12. The maximum Gasteiger partial charge on any atom is 0.0440 e. The van der Waals surface area contributed by atoms with E-state index >= 15 is 0 Å². The zero-order valence-corrected chi connectivity index (χ0v) is 12.7. The van der Waals surface area contributed by atoms with Gasteiger partial charge in [-0.3, -0.25) is 0 Å². The summed E-state index contributed by atoms with van der Waals surface area (Å²) in [5.41, 5.74) is 9.16. The molecule has 19 heavy (non-hydrogen) atoms. The molecule has 0 heterocycles. The number of halogens is 1. The standard InChI is InChI=1S/C16H19BrN2/c1-2-10-19(15-8-5-7-14(18)11-15)12-13-6-3-4-9-16(13)17/h3-9,11H,2,10,12,18H2,1H3. The number of hydrogen-bond donors (Lipinski definition) is 1. The molecule has 3 heteroatoms. The van der Waals surface area contributed by atoms with Gasteiger partial charge in [-0.2, -0.15) is 0 Å². The lowest BCUT2D eigenvalue weighted by Crippen LogP contribution is -2.23. The lowest BCUT2D eigenvalue weighted by atomic mass is 10.2. The third kappa shape index (κ3) is 3.74. The molecule has 0 saturated carbocycles. The molecule has 0 radical (unpaired) electrons. The van der Waals surface area contributed by atoms with E-state index in [1.54, 1.807) is 0 Å². The number of nitrogen functional groups attached to an aromatic ring is 1. The first-order chi connectivity index (χ1) is 9.20. The predicted octanol–water partition coefficient (Wildman–Crippen LogP) is 4.45. The van der Waals surface area contributed by atoms with Crippen molar-refractivity contribution in [2.24, 2.45) is 0 Å². The van der Waals surface area contributed by atoms with Crippen LogP contribution in [0.5, 0.6) is 0 Å². The first kappa shape index (κ1) is 13.9. The Kier molecular flexibility index (Phi) is 4.86. The van der Waals surface area contributed by atoms with Crippen LogP contribution in [-0.2, 0) is 6.54 Å². The normalized spacial score (nSPS) is 10.4. The van der Waals surface area contributed by atoms with Crippen molar-refractivity contribution in [1.29, 1.82) is 0 Å². The Labute approximate surface area is 123 Å². The SMILES string of the molecule is CCCN(Cc1ccccc1Br)c1cccc(N)c1. The number of nitrogens with two attached hydrogens (primary N) is 1. The monoisotopic (exact) mass is 318 g/mol. The molecule has 0 fully saturated rings. The van der Waals surface area contributed by atoms with E-state index in [1.807, 2.05) is 24.3 Å². The highest BCUT2D eigenvalue weighted by atomic mass is 79.9. The maximum atomic E-state index is 5.88. The fourth-order valence-corrected chi connectivity index (χ4v) is 2.53. The molecule has 0 amide bonds. The Hall–Kier alpha value is -1.48. The molecule has 2 nitrogen and oxygen atoms in total. The van der Waals surface area contributed by atoms with Crippen molar-refractivity contribution in [2.75, 3.05) is 17.2 Å². The summed E-state index contributed by atoms with van der Waals surface area (Å²) in [5, 5.41) is 0. The van der Waals surface area contributed by atoms with Gasteiger partial charge in [-0.15, -0.1) is 0 Å². The van der Waals surface area contributed by atoms with Crippen LogP contribution in [-0.4, -0.2) is 6.54 Å². The zero-order valence-electron chi connectivity index (χ0n) is 11.1. The molecule has 2 N–H and O–H groups in total. The van der Waals surface area contributed by atoms with Crippen molar-refractivity contribution in [3.63, 3.8) is 0 Å². The van der Waals surface area contributed by atoms with Crippen LogP contribution in [0.2, 0.25) is 0 Å². The summed E-state index contributed by atoms with van der Waals surface area (Å²) in [7, 11) is 0. The minimum absolute atomic E-state index is 0.811. The van der Waals surface area contributed by atoms with Crippen molar-refractivity contribution in [1.82, 2.24) is 0 Å². The van der Waals surface area contributed by atoms with Gasteiger partial charge in [0.2, 0.25) is 0 Å². The molecule has 0 bridgehead atoms. The van der Waals surface area contributed by atoms with E-state index in [1.165, 1.54) is 11.3 Å². The Morgan fingerprint density at radius 2 is 1.89 bits per heavy atom. The summed E-state index contributed by atoms with van der Waals surface area (Å²) in [6, 6.07) is 16.4. The van der Waals surface area contributed by atoms with E-state index in [-0.39, 0.29) is 0 Å². The molecule has 2 aromatic rings. The van der Waals surface area contributed by atoms with E-state index in [9.17, 15) is 0 Å². The van der Waals surface area contributed by atoms with Gasteiger partial charge in [-0.1, -0.05) is 47.1 Å². The Morgan fingerprint density at radius 1 is 1.11 bits per heavy atom. The van der Waals surface area contributed by atoms with Gasteiger partial charge in [0.15, 0.2) is 0 Å². The van der Waals surface area contributed by atoms with Crippen molar-refractivity contribution < 1.29 is 0 Å². The fraction of sp³-hybridized carbons (Fsp3) is 0.250. The van der Waals surface area contributed by atoms with Gasteiger partial charge < -0.3 is 10.6 Å². The van der Waals surface area contributed by atoms with Gasteiger partial charge in [0, 0.05) is 28.9 Å². The molecular weight excluding hydrogens is 300 g/mol. The minimum Gasteiger partial charge on any atom is -0.399 e. The molecule has 0 aromatic heterocycles. The zero-order chi connectivity index (χ0) is 13.7. The number of anilines is 2. The Morgan fingerprint density at radius 3 is 2.58 bits per heavy atom. The molecule has 2 aromatic carbocycles. The summed E-state index contributed by atoms with van der Waals surface area (Å²) in [6.45, 7) is 4.10.